The molecule has 0 N–H and O–H groups in total. The summed E-state index contributed by atoms with van der Waals surface area (Å²) >= 11 is 1.67. The second-order valence-corrected chi connectivity index (χ2v) is 5.13. The number of fused-ring (bicyclic) bond motifs is 1. The SMILES string of the molecule is CC(=O)CCSc1ccc2c(c1)OCCCO2. The lowest BCUT2D eigenvalue weighted by atomic mass is 10.3. The summed E-state index contributed by atoms with van der Waals surface area (Å²) in [7, 11) is 0. The number of ketones is 1. The van der Waals surface area contributed by atoms with Crippen molar-refractivity contribution < 1.29 is 14.3 Å². The van der Waals surface area contributed by atoms with E-state index in [1.807, 2.05) is 18.2 Å². The fraction of sp³-hybridized carbons (Fsp3) is 0.462. The van der Waals surface area contributed by atoms with Gasteiger partial charge in [0.05, 0.1) is 13.2 Å². The van der Waals surface area contributed by atoms with Crippen LogP contribution in [0, 0.1) is 0 Å². The van der Waals surface area contributed by atoms with Gasteiger partial charge < -0.3 is 9.47 Å². The number of benzene rings is 1. The second-order valence-electron chi connectivity index (χ2n) is 3.96. The Labute approximate surface area is 105 Å². The molecule has 2 rings (SSSR count). The zero-order chi connectivity index (χ0) is 12.1. The van der Waals surface area contributed by atoms with Crippen molar-refractivity contribution in [1.82, 2.24) is 0 Å². The van der Waals surface area contributed by atoms with Gasteiger partial charge in [0.2, 0.25) is 0 Å². The summed E-state index contributed by atoms with van der Waals surface area (Å²) in [6.07, 6.45) is 1.53. The lowest BCUT2D eigenvalue weighted by molar-refractivity contribution is -0.116. The summed E-state index contributed by atoms with van der Waals surface area (Å²) < 4.78 is 11.2. The molecule has 0 saturated heterocycles. The third kappa shape index (κ3) is 3.66. The van der Waals surface area contributed by atoms with E-state index in [9.17, 15) is 4.79 Å². The van der Waals surface area contributed by atoms with Crippen LogP contribution in [0.15, 0.2) is 23.1 Å². The fourth-order valence-corrected chi connectivity index (χ4v) is 2.53. The number of hydrogen-bond donors (Lipinski definition) is 0. The first-order valence-electron chi connectivity index (χ1n) is 5.77. The zero-order valence-electron chi connectivity index (χ0n) is 9.90. The number of ether oxygens (including phenoxy) is 2. The van der Waals surface area contributed by atoms with Crippen molar-refractivity contribution in [2.24, 2.45) is 0 Å². The monoisotopic (exact) mass is 252 g/mol. The molecule has 0 aromatic heterocycles. The van der Waals surface area contributed by atoms with Crippen LogP contribution in [-0.4, -0.2) is 24.7 Å². The van der Waals surface area contributed by atoms with Gasteiger partial charge in [-0.2, -0.15) is 0 Å². The molecule has 0 bridgehead atoms. The normalized spacial score (nSPS) is 14.2. The van der Waals surface area contributed by atoms with E-state index in [2.05, 4.69) is 0 Å². The largest absolute Gasteiger partial charge is 0.490 e. The molecule has 0 saturated carbocycles. The molecular formula is C13H16O3S. The van der Waals surface area contributed by atoms with Gasteiger partial charge in [-0.15, -0.1) is 11.8 Å². The van der Waals surface area contributed by atoms with E-state index in [1.165, 1.54) is 0 Å². The predicted molar refractivity (Wildman–Crippen MR) is 68.1 cm³/mol. The van der Waals surface area contributed by atoms with Crippen molar-refractivity contribution in [2.45, 2.75) is 24.7 Å². The van der Waals surface area contributed by atoms with Gasteiger partial charge in [-0.25, -0.2) is 0 Å². The van der Waals surface area contributed by atoms with E-state index >= 15 is 0 Å². The highest BCUT2D eigenvalue weighted by molar-refractivity contribution is 7.99. The Hall–Kier alpha value is -1.16. The van der Waals surface area contributed by atoms with Gasteiger partial charge in [-0.3, -0.25) is 4.79 Å². The third-order valence-corrected chi connectivity index (χ3v) is 3.44. The predicted octanol–water partition coefficient (Wildman–Crippen LogP) is 2.92. The minimum absolute atomic E-state index is 0.229. The van der Waals surface area contributed by atoms with Crippen molar-refractivity contribution in [1.29, 1.82) is 0 Å². The minimum Gasteiger partial charge on any atom is -0.490 e. The van der Waals surface area contributed by atoms with Crippen molar-refractivity contribution in [3.05, 3.63) is 18.2 Å². The maximum absolute atomic E-state index is 10.9. The smallest absolute Gasteiger partial charge is 0.162 e. The molecule has 1 heterocycles. The quantitative estimate of drug-likeness (QED) is 0.772. The topological polar surface area (TPSA) is 35.5 Å². The van der Waals surface area contributed by atoms with Crippen LogP contribution in [0.2, 0.25) is 0 Å². The van der Waals surface area contributed by atoms with Crippen molar-refractivity contribution in [2.75, 3.05) is 19.0 Å². The maximum atomic E-state index is 10.9. The molecule has 4 heteroatoms. The highest BCUT2D eigenvalue weighted by Crippen LogP contribution is 2.33. The van der Waals surface area contributed by atoms with Gasteiger partial charge in [0.15, 0.2) is 11.5 Å². The number of carbonyl (C=O) groups excluding carboxylic acids is 1. The van der Waals surface area contributed by atoms with E-state index in [0.29, 0.717) is 19.6 Å². The van der Waals surface area contributed by atoms with Crippen molar-refractivity contribution in [3.8, 4) is 11.5 Å². The second kappa shape index (κ2) is 5.96. The molecule has 0 atom stereocenters. The van der Waals surface area contributed by atoms with Crippen LogP contribution in [-0.2, 0) is 4.79 Å². The molecular weight excluding hydrogens is 236 g/mol. The summed E-state index contributed by atoms with van der Waals surface area (Å²) in [5, 5.41) is 0. The van der Waals surface area contributed by atoms with Crippen LogP contribution in [0.5, 0.6) is 11.5 Å². The first-order chi connectivity index (χ1) is 8.25. The average Bonchev–Trinajstić information content (AvgIpc) is 2.53. The van der Waals surface area contributed by atoms with Crippen molar-refractivity contribution in [3.63, 3.8) is 0 Å². The molecule has 0 amide bonds. The van der Waals surface area contributed by atoms with Crippen LogP contribution in [0.4, 0.5) is 0 Å². The molecule has 1 aromatic carbocycles. The molecule has 0 aliphatic carbocycles. The van der Waals surface area contributed by atoms with E-state index in [4.69, 9.17) is 9.47 Å². The number of carbonyl (C=O) groups is 1. The highest BCUT2D eigenvalue weighted by atomic mass is 32.2. The number of thioether (sulfide) groups is 1. The standard InChI is InChI=1S/C13H16O3S/c1-10(14)5-8-17-11-3-4-12-13(9-11)16-7-2-6-15-12/h3-4,9H,2,5-8H2,1H3. The lowest BCUT2D eigenvalue weighted by Gasteiger charge is -2.08. The van der Waals surface area contributed by atoms with Crippen LogP contribution >= 0.6 is 11.8 Å². The molecule has 0 unspecified atom stereocenters. The Morgan fingerprint density at radius 2 is 2.06 bits per heavy atom. The molecule has 1 aliphatic rings. The molecule has 0 radical (unpaired) electrons. The highest BCUT2D eigenvalue weighted by Gasteiger charge is 2.10. The van der Waals surface area contributed by atoms with Crippen LogP contribution in [0.3, 0.4) is 0 Å². The van der Waals surface area contributed by atoms with Gasteiger partial charge in [0.1, 0.15) is 5.78 Å². The Morgan fingerprint density at radius 3 is 2.82 bits per heavy atom. The number of hydrogen-bond acceptors (Lipinski definition) is 4. The first-order valence-corrected chi connectivity index (χ1v) is 6.76. The molecule has 0 fully saturated rings. The lowest BCUT2D eigenvalue weighted by Crippen LogP contribution is -1.97. The molecule has 1 aromatic rings. The van der Waals surface area contributed by atoms with Crippen LogP contribution in [0.25, 0.3) is 0 Å². The zero-order valence-corrected chi connectivity index (χ0v) is 10.7. The summed E-state index contributed by atoms with van der Waals surface area (Å²) in [6.45, 7) is 3.03. The summed E-state index contributed by atoms with van der Waals surface area (Å²) in [5.74, 6) is 2.68. The third-order valence-electron chi connectivity index (χ3n) is 2.44. The Morgan fingerprint density at radius 1 is 1.29 bits per heavy atom. The number of rotatable bonds is 4. The molecule has 92 valence electrons. The minimum atomic E-state index is 0.229. The van der Waals surface area contributed by atoms with E-state index < -0.39 is 0 Å². The fourth-order valence-electron chi connectivity index (χ4n) is 1.55. The summed E-state index contributed by atoms with van der Waals surface area (Å²) in [6, 6.07) is 5.94. The Balaban J connectivity index is 1.99. The van der Waals surface area contributed by atoms with Gasteiger partial charge in [0.25, 0.3) is 0 Å². The van der Waals surface area contributed by atoms with E-state index in [1.54, 1.807) is 18.7 Å². The van der Waals surface area contributed by atoms with Gasteiger partial charge >= 0.3 is 0 Å². The van der Waals surface area contributed by atoms with Gasteiger partial charge in [-0.05, 0) is 25.1 Å². The molecule has 1 aliphatic heterocycles. The Kier molecular flexibility index (Phi) is 4.31. The average molecular weight is 252 g/mol. The van der Waals surface area contributed by atoms with Crippen LogP contribution < -0.4 is 9.47 Å². The summed E-state index contributed by atoms with van der Waals surface area (Å²) in [5.41, 5.74) is 0. The van der Waals surface area contributed by atoms with Crippen molar-refractivity contribution >= 4 is 17.5 Å². The first kappa shape index (κ1) is 12.3. The Bertz CT molecular complexity index is 404. The number of Topliss-reactive ketones (excluding diaryl/α,β-unsaturated/α-hetero) is 1. The van der Waals surface area contributed by atoms with Crippen LogP contribution in [0.1, 0.15) is 19.8 Å². The maximum Gasteiger partial charge on any atom is 0.162 e. The van der Waals surface area contributed by atoms with Gasteiger partial charge in [-0.1, -0.05) is 0 Å². The van der Waals surface area contributed by atoms with Gasteiger partial charge in [0, 0.05) is 23.5 Å². The van der Waals surface area contributed by atoms with E-state index in [-0.39, 0.29) is 5.78 Å². The molecule has 3 nitrogen and oxygen atoms in total. The van der Waals surface area contributed by atoms with E-state index in [0.717, 1.165) is 28.6 Å². The molecule has 0 spiro atoms. The summed E-state index contributed by atoms with van der Waals surface area (Å²) in [4.78, 5) is 12.0. The molecule has 17 heavy (non-hydrogen) atoms.